The van der Waals surface area contributed by atoms with Gasteiger partial charge in [-0.1, -0.05) is 19.1 Å². The molecule has 0 unspecified atom stereocenters. The third kappa shape index (κ3) is 3.85. The Balaban J connectivity index is 1.77. The van der Waals surface area contributed by atoms with Crippen LogP contribution in [-0.2, 0) is 25.8 Å². The second-order valence-electron chi connectivity index (χ2n) is 7.39. The van der Waals surface area contributed by atoms with Crippen molar-refractivity contribution in [1.82, 2.24) is 28.9 Å². The summed E-state index contributed by atoms with van der Waals surface area (Å²) in [7, 11) is 0. The lowest BCUT2D eigenvalue weighted by molar-refractivity contribution is -0.137. The number of aromatic nitrogens is 6. The summed E-state index contributed by atoms with van der Waals surface area (Å²) in [5.74, 6) is 0.468. The first-order chi connectivity index (χ1) is 15.2. The van der Waals surface area contributed by atoms with Gasteiger partial charge >= 0.3 is 11.9 Å². The molecule has 0 atom stereocenters. The molecule has 4 rings (SSSR count). The van der Waals surface area contributed by atoms with Gasteiger partial charge < -0.3 is 4.57 Å². The molecule has 0 aliphatic rings. The lowest BCUT2D eigenvalue weighted by Crippen LogP contribution is -2.30. The van der Waals surface area contributed by atoms with Gasteiger partial charge in [0.25, 0.3) is 5.56 Å². The summed E-state index contributed by atoms with van der Waals surface area (Å²) in [6, 6.07) is 5.07. The summed E-state index contributed by atoms with van der Waals surface area (Å²) in [6.07, 6.45) is -0.486. The minimum atomic E-state index is -4.42. The first-order valence-electron chi connectivity index (χ1n) is 10.1. The lowest BCUT2D eigenvalue weighted by Gasteiger charge is -2.08. The van der Waals surface area contributed by atoms with Crippen LogP contribution in [0.4, 0.5) is 13.2 Å². The molecule has 1 aromatic carbocycles. The third-order valence-corrected chi connectivity index (χ3v) is 5.14. The van der Waals surface area contributed by atoms with Gasteiger partial charge in [0.15, 0.2) is 11.2 Å². The van der Waals surface area contributed by atoms with Crippen LogP contribution in [0.5, 0.6) is 0 Å². The van der Waals surface area contributed by atoms with Crippen molar-refractivity contribution in [3.8, 4) is 11.4 Å². The number of halogens is 3. The molecule has 11 heteroatoms. The van der Waals surface area contributed by atoms with Crippen molar-refractivity contribution in [1.29, 1.82) is 0 Å². The van der Waals surface area contributed by atoms with Crippen molar-refractivity contribution in [2.75, 3.05) is 0 Å². The maximum absolute atomic E-state index is 13.0. The molecular formula is C21H21F3N6O2. The summed E-state index contributed by atoms with van der Waals surface area (Å²) < 4.78 is 43.6. The molecule has 8 nitrogen and oxygen atoms in total. The zero-order valence-electron chi connectivity index (χ0n) is 17.5. The molecule has 168 valence electrons. The number of hydrogen-bond acceptors (Lipinski definition) is 4. The van der Waals surface area contributed by atoms with Gasteiger partial charge in [-0.2, -0.15) is 18.3 Å². The maximum Gasteiger partial charge on any atom is 0.416 e. The summed E-state index contributed by atoms with van der Waals surface area (Å²) in [4.78, 5) is 31.6. The predicted octanol–water partition coefficient (Wildman–Crippen LogP) is 3.25. The smallest absolute Gasteiger partial charge is 0.318 e. The molecule has 0 saturated heterocycles. The van der Waals surface area contributed by atoms with E-state index in [-0.39, 0.29) is 12.2 Å². The monoisotopic (exact) mass is 446 g/mol. The number of rotatable bonds is 6. The summed E-state index contributed by atoms with van der Waals surface area (Å²) in [6.45, 7) is 4.71. The van der Waals surface area contributed by atoms with Crippen LogP contribution in [0.2, 0.25) is 0 Å². The van der Waals surface area contributed by atoms with Crippen LogP contribution >= 0.6 is 0 Å². The minimum absolute atomic E-state index is 0.137. The standard InChI is InChI=1S/C21H21F3N6O2/c1-3-8-30-16-18(29(4-2)20(32)27-19(16)31)26-17(30)14-10-25-28(12-14)11-13-6-5-7-15(9-13)21(22,23)24/h5-7,9-10,12H,3-4,8,11H2,1-2H3,(H,27,31,32). The summed E-state index contributed by atoms with van der Waals surface area (Å²) in [5.41, 5.74) is -0.131. The number of alkyl halides is 3. The molecule has 0 saturated carbocycles. The highest BCUT2D eigenvalue weighted by Crippen LogP contribution is 2.30. The van der Waals surface area contributed by atoms with Crippen molar-refractivity contribution in [3.63, 3.8) is 0 Å². The van der Waals surface area contributed by atoms with Crippen LogP contribution < -0.4 is 11.2 Å². The fourth-order valence-electron chi connectivity index (χ4n) is 3.73. The van der Waals surface area contributed by atoms with Crippen LogP contribution in [-0.4, -0.2) is 28.9 Å². The van der Waals surface area contributed by atoms with E-state index in [4.69, 9.17) is 0 Å². The summed E-state index contributed by atoms with van der Waals surface area (Å²) >= 11 is 0. The van der Waals surface area contributed by atoms with Crippen molar-refractivity contribution in [3.05, 3.63) is 68.6 Å². The van der Waals surface area contributed by atoms with Gasteiger partial charge in [0, 0.05) is 19.3 Å². The second kappa shape index (κ2) is 8.13. The van der Waals surface area contributed by atoms with Crippen LogP contribution in [0.15, 0.2) is 46.2 Å². The Morgan fingerprint density at radius 3 is 2.59 bits per heavy atom. The zero-order valence-corrected chi connectivity index (χ0v) is 17.5. The summed E-state index contributed by atoms with van der Waals surface area (Å²) in [5, 5.41) is 4.26. The third-order valence-electron chi connectivity index (χ3n) is 5.14. The van der Waals surface area contributed by atoms with Gasteiger partial charge in [-0.15, -0.1) is 0 Å². The molecule has 0 amide bonds. The highest BCUT2D eigenvalue weighted by atomic mass is 19.4. The van der Waals surface area contributed by atoms with Crippen molar-refractivity contribution < 1.29 is 13.2 Å². The van der Waals surface area contributed by atoms with Gasteiger partial charge in [0.05, 0.1) is 23.9 Å². The Labute approximate surface area is 179 Å². The first-order valence-corrected chi connectivity index (χ1v) is 10.1. The fourth-order valence-corrected chi connectivity index (χ4v) is 3.73. The van der Waals surface area contributed by atoms with Crippen LogP contribution in [0.3, 0.4) is 0 Å². The quantitative estimate of drug-likeness (QED) is 0.492. The maximum atomic E-state index is 13.0. The van der Waals surface area contributed by atoms with Crippen LogP contribution in [0.1, 0.15) is 31.4 Å². The van der Waals surface area contributed by atoms with Gasteiger partial charge in [0.2, 0.25) is 0 Å². The van der Waals surface area contributed by atoms with Crippen LogP contribution in [0, 0.1) is 0 Å². The van der Waals surface area contributed by atoms with E-state index < -0.39 is 23.0 Å². The minimum Gasteiger partial charge on any atom is -0.318 e. The number of aryl methyl sites for hydroxylation is 2. The Kier molecular flexibility index (Phi) is 5.49. The zero-order chi connectivity index (χ0) is 23.0. The highest BCUT2D eigenvalue weighted by Gasteiger charge is 2.30. The van der Waals surface area contributed by atoms with Gasteiger partial charge in [-0.3, -0.25) is 19.0 Å². The Bertz CT molecular complexity index is 1390. The molecule has 4 aromatic rings. The van der Waals surface area contributed by atoms with Crippen LogP contribution in [0.25, 0.3) is 22.6 Å². The Morgan fingerprint density at radius 1 is 1.12 bits per heavy atom. The van der Waals surface area contributed by atoms with Crippen molar-refractivity contribution in [2.45, 2.75) is 46.1 Å². The number of fused-ring (bicyclic) bond motifs is 1. The lowest BCUT2D eigenvalue weighted by atomic mass is 10.1. The fraction of sp³-hybridized carbons (Fsp3) is 0.333. The first kappa shape index (κ1) is 21.6. The van der Waals surface area contributed by atoms with Gasteiger partial charge in [0.1, 0.15) is 5.82 Å². The van der Waals surface area contributed by atoms with E-state index >= 15 is 0 Å². The molecule has 3 aromatic heterocycles. The molecule has 0 radical (unpaired) electrons. The molecular weight excluding hydrogens is 425 g/mol. The van der Waals surface area contributed by atoms with E-state index in [1.807, 2.05) is 6.92 Å². The predicted molar refractivity (Wildman–Crippen MR) is 112 cm³/mol. The molecule has 32 heavy (non-hydrogen) atoms. The molecule has 0 aliphatic carbocycles. The molecule has 0 fully saturated rings. The van der Waals surface area contributed by atoms with E-state index in [0.717, 1.165) is 18.6 Å². The van der Waals surface area contributed by atoms with E-state index in [1.165, 1.54) is 15.3 Å². The Morgan fingerprint density at radius 2 is 1.91 bits per heavy atom. The van der Waals surface area contributed by atoms with E-state index in [0.29, 0.717) is 35.6 Å². The molecule has 0 spiro atoms. The number of imidazole rings is 1. The van der Waals surface area contributed by atoms with Crippen molar-refractivity contribution in [2.24, 2.45) is 0 Å². The average Bonchev–Trinajstić information content (AvgIpc) is 3.33. The molecule has 3 heterocycles. The normalized spacial score (nSPS) is 12.0. The van der Waals surface area contributed by atoms with E-state index in [9.17, 15) is 22.8 Å². The number of aromatic amines is 1. The number of nitrogens with one attached hydrogen (secondary N) is 1. The SMILES string of the molecule is CCCn1c(-c2cnn(Cc3cccc(C(F)(F)F)c3)c2)nc2c1c(=O)[nH]c(=O)n2CC. The van der Waals surface area contributed by atoms with E-state index in [2.05, 4.69) is 15.1 Å². The van der Waals surface area contributed by atoms with Gasteiger partial charge in [-0.25, -0.2) is 9.78 Å². The number of hydrogen-bond donors (Lipinski definition) is 1. The largest absolute Gasteiger partial charge is 0.416 e. The molecule has 0 bridgehead atoms. The van der Waals surface area contributed by atoms with E-state index in [1.54, 1.807) is 30.0 Å². The van der Waals surface area contributed by atoms with Gasteiger partial charge in [-0.05, 0) is 31.0 Å². The number of H-pyrrole nitrogens is 1. The molecule has 1 N–H and O–H groups in total. The number of nitrogens with zero attached hydrogens (tertiary/aromatic N) is 5. The highest BCUT2D eigenvalue weighted by molar-refractivity contribution is 5.76. The molecule has 0 aliphatic heterocycles. The Hall–Kier alpha value is -3.63. The topological polar surface area (TPSA) is 90.5 Å². The average molecular weight is 446 g/mol. The van der Waals surface area contributed by atoms with Crippen molar-refractivity contribution >= 4 is 11.2 Å². The second-order valence-corrected chi connectivity index (χ2v) is 7.39. The number of benzene rings is 1.